The standard InChI is InChI=1S/C19H27N3O3/c1-2-25-18(24)22-12-10-21(11-13-22)14-17(23)20-15-19(8-9-19)16-6-4-3-5-7-16/h3-7H,2,8-15H2,1H3,(H,20,23). The highest BCUT2D eigenvalue weighted by Gasteiger charge is 2.44. The molecule has 1 N–H and O–H groups in total. The molecule has 6 heteroatoms. The number of amides is 2. The van der Waals surface area contributed by atoms with Crippen molar-refractivity contribution in [3.63, 3.8) is 0 Å². The lowest BCUT2D eigenvalue weighted by molar-refractivity contribution is -0.122. The Morgan fingerprint density at radius 2 is 1.80 bits per heavy atom. The molecule has 136 valence electrons. The zero-order valence-electron chi connectivity index (χ0n) is 14.9. The summed E-state index contributed by atoms with van der Waals surface area (Å²) in [4.78, 5) is 27.8. The lowest BCUT2D eigenvalue weighted by atomic mass is 9.96. The Kier molecular flexibility index (Phi) is 5.58. The maximum absolute atomic E-state index is 12.3. The molecule has 0 unspecified atom stereocenters. The summed E-state index contributed by atoms with van der Waals surface area (Å²) in [5.41, 5.74) is 1.46. The van der Waals surface area contributed by atoms with Gasteiger partial charge in [0.1, 0.15) is 0 Å². The van der Waals surface area contributed by atoms with Gasteiger partial charge in [-0.05, 0) is 25.3 Å². The fraction of sp³-hybridized carbons (Fsp3) is 0.579. The fourth-order valence-corrected chi connectivity index (χ4v) is 3.34. The van der Waals surface area contributed by atoms with Crippen LogP contribution in [-0.4, -0.2) is 67.7 Å². The smallest absolute Gasteiger partial charge is 0.409 e. The van der Waals surface area contributed by atoms with Crippen molar-refractivity contribution in [1.29, 1.82) is 0 Å². The van der Waals surface area contributed by atoms with Crippen LogP contribution < -0.4 is 5.32 Å². The molecule has 1 aliphatic carbocycles. The Bertz CT molecular complexity index is 593. The largest absolute Gasteiger partial charge is 0.450 e. The molecule has 1 aromatic carbocycles. The van der Waals surface area contributed by atoms with Crippen LogP contribution in [0.15, 0.2) is 30.3 Å². The molecule has 0 bridgehead atoms. The van der Waals surface area contributed by atoms with Crippen molar-refractivity contribution in [2.45, 2.75) is 25.2 Å². The molecule has 1 saturated carbocycles. The van der Waals surface area contributed by atoms with Crippen LogP contribution in [0.3, 0.4) is 0 Å². The van der Waals surface area contributed by atoms with Gasteiger partial charge in [0, 0.05) is 38.1 Å². The summed E-state index contributed by atoms with van der Waals surface area (Å²) in [5.74, 6) is 0.0618. The van der Waals surface area contributed by atoms with Gasteiger partial charge < -0.3 is 15.0 Å². The van der Waals surface area contributed by atoms with Gasteiger partial charge >= 0.3 is 6.09 Å². The van der Waals surface area contributed by atoms with Gasteiger partial charge in [-0.15, -0.1) is 0 Å². The Labute approximate surface area is 149 Å². The molecule has 1 aromatic rings. The Morgan fingerprint density at radius 1 is 1.12 bits per heavy atom. The Balaban J connectivity index is 1.40. The van der Waals surface area contributed by atoms with E-state index in [0.29, 0.717) is 45.9 Å². The van der Waals surface area contributed by atoms with E-state index >= 15 is 0 Å². The van der Waals surface area contributed by atoms with E-state index in [1.54, 1.807) is 11.8 Å². The van der Waals surface area contributed by atoms with E-state index < -0.39 is 0 Å². The van der Waals surface area contributed by atoms with Gasteiger partial charge in [0.2, 0.25) is 5.91 Å². The monoisotopic (exact) mass is 345 g/mol. The maximum atomic E-state index is 12.3. The number of ether oxygens (including phenoxy) is 1. The zero-order valence-corrected chi connectivity index (χ0v) is 14.9. The highest BCUT2D eigenvalue weighted by Crippen LogP contribution is 2.47. The van der Waals surface area contributed by atoms with Crippen LogP contribution >= 0.6 is 0 Å². The average Bonchev–Trinajstić information content (AvgIpc) is 3.43. The van der Waals surface area contributed by atoms with Gasteiger partial charge in [-0.1, -0.05) is 30.3 Å². The van der Waals surface area contributed by atoms with Crippen LogP contribution in [0.5, 0.6) is 0 Å². The van der Waals surface area contributed by atoms with E-state index in [0.717, 1.165) is 12.8 Å². The minimum Gasteiger partial charge on any atom is -0.450 e. The van der Waals surface area contributed by atoms with Crippen molar-refractivity contribution < 1.29 is 14.3 Å². The molecule has 0 atom stereocenters. The van der Waals surface area contributed by atoms with Crippen molar-refractivity contribution in [2.24, 2.45) is 0 Å². The number of hydrogen-bond donors (Lipinski definition) is 1. The molecule has 1 heterocycles. The van der Waals surface area contributed by atoms with Crippen LogP contribution in [0.2, 0.25) is 0 Å². The second-order valence-corrected chi connectivity index (χ2v) is 6.89. The first-order chi connectivity index (χ1) is 12.1. The molecular formula is C19H27N3O3. The highest BCUT2D eigenvalue weighted by atomic mass is 16.6. The third-order valence-corrected chi connectivity index (χ3v) is 5.13. The molecule has 1 saturated heterocycles. The average molecular weight is 345 g/mol. The van der Waals surface area contributed by atoms with Crippen LogP contribution in [0.25, 0.3) is 0 Å². The number of hydrogen-bond acceptors (Lipinski definition) is 4. The summed E-state index contributed by atoms with van der Waals surface area (Å²) in [6.45, 7) is 5.93. The summed E-state index contributed by atoms with van der Waals surface area (Å²) in [6.07, 6.45) is 2.01. The van der Waals surface area contributed by atoms with Crippen molar-refractivity contribution >= 4 is 12.0 Å². The molecule has 0 spiro atoms. The molecule has 0 radical (unpaired) electrons. The normalized spacial score (nSPS) is 19.3. The third kappa shape index (κ3) is 4.51. The third-order valence-electron chi connectivity index (χ3n) is 5.13. The molecule has 1 aliphatic heterocycles. The van der Waals surface area contributed by atoms with E-state index in [-0.39, 0.29) is 17.4 Å². The maximum Gasteiger partial charge on any atom is 0.409 e. The number of carbonyl (C=O) groups excluding carboxylic acids is 2. The minimum atomic E-state index is -0.259. The van der Waals surface area contributed by atoms with E-state index in [1.165, 1.54) is 5.56 Å². The number of rotatable bonds is 6. The van der Waals surface area contributed by atoms with Gasteiger partial charge in [0.05, 0.1) is 13.2 Å². The lowest BCUT2D eigenvalue weighted by Gasteiger charge is -2.33. The topological polar surface area (TPSA) is 61.9 Å². The minimum absolute atomic E-state index is 0.0618. The second kappa shape index (κ2) is 7.87. The van der Waals surface area contributed by atoms with Crippen LogP contribution in [0, 0.1) is 0 Å². The van der Waals surface area contributed by atoms with Gasteiger partial charge in [0.15, 0.2) is 0 Å². The quantitative estimate of drug-likeness (QED) is 0.851. The predicted molar refractivity (Wildman–Crippen MR) is 95.4 cm³/mol. The summed E-state index contributed by atoms with van der Waals surface area (Å²) >= 11 is 0. The van der Waals surface area contributed by atoms with Gasteiger partial charge in [0.25, 0.3) is 0 Å². The molecule has 0 aromatic heterocycles. The summed E-state index contributed by atoms with van der Waals surface area (Å²) in [7, 11) is 0. The molecule has 2 amide bonds. The zero-order chi connectivity index (χ0) is 17.7. The van der Waals surface area contributed by atoms with E-state index in [2.05, 4.69) is 34.5 Å². The SMILES string of the molecule is CCOC(=O)N1CCN(CC(=O)NCC2(c3ccccc3)CC2)CC1. The first-order valence-electron chi connectivity index (χ1n) is 9.09. The molecule has 3 rings (SSSR count). The van der Waals surface area contributed by atoms with Crippen LogP contribution in [0.1, 0.15) is 25.3 Å². The number of nitrogens with one attached hydrogen (secondary N) is 1. The van der Waals surface area contributed by atoms with Gasteiger partial charge in [-0.25, -0.2) is 4.79 Å². The molecule has 2 aliphatic rings. The predicted octanol–water partition coefficient (Wildman–Crippen LogP) is 1.61. The fourth-order valence-electron chi connectivity index (χ4n) is 3.34. The molecule has 25 heavy (non-hydrogen) atoms. The van der Waals surface area contributed by atoms with Crippen molar-refractivity contribution in [1.82, 2.24) is 15.1 Å². The first kappa shape index (κ1) is 17.7. The van der Waals surface area contributed by atoms with Crippen LogP contribution in [0.4, 0.5) is 4.79 Å². The van der Waals surface area contributed by atoms with Gasteiger partial charge in [-0.2, -0.15) is 0 Å². The van der Waals surface area contributed by atoms with E-state index in [1.807, 2.05) is 6.07 Å². The first-order valence-corrected chi connectivity index (χ1v) is 9.09. The number of nitrogens with zero attached hydrogens (tertiary/aromatic N) is 2. The number of carbonyl (C=O) groups is 2. The van der Waals surface area contributed by atoms with Crippen LogP contribution in [-0.2, 0) is 14.9 Å². The second-order valence-electron chi connectivity index (χ2n) is 6.89. The van der Waals surface area contributed by atoms with Gasteiger partial charge in [-0.3, -0.25) is 9.69 Å². The summed E-state index contributed by atoms with van der Waals surface area (Å²) in [5, 5.41) is 3.10. The van der Waals surface area contributed by atoms with Crippen molar-refractivity contribution in [3.05, 3.63) is 35.9 Å². The summed E-state index contributed by atoms with van der Waals surface area (Å²) in [6, 6.07) is 10.4. The Morgan fingerprint density at radius 3 is 2.40 bits per heavy atom. The van der Waals surface area contributed by atoms with Crippen molar-refractivity contribution in [3.8, 4) is 0 Å². The Hall–Kier alpha value is -2.08. The molecule has 6 nitrogen and oxygen atoms in total. The molecular weight excluding hydrogens is 318 g/mol. The highest BCUT2D eigenvalue weighted by molar-refractivity contribution is 5.78. The molecule has 2 fully saturated rings. The number of benzene rings is 1. The lowest BCUT2D eigenvalue weighted by Crippen LogP contribution is -2.51. The van der Waals surface area contributed by atoms with E-state index in [9.17, 15) is 9.59 Å². The number of piperazine rings is 1. The van der Waals surface area contributed by atoms with Crippen molar-refractivity contribution in [2.75, 3.05) is 45.9 Å². The summed E-state index contributed by atoms with van der Waals surface area (Å²) < 4.78 is 5.01. The van der Waals surface area contributed by atoms with E-state index in [4.69, 9.17) is 4.74 Å².